The third kappa shape index (κ3) is 2.88. The monoisotopic (exact) mass is 283 g/mol. The second-order valence-corrected chi connectivity index (χ2v) is 4.32. The molecule has 106 valence electrons. The summed E-state index contributed by atoms with van der Waals surface area (Å²) in [5.41, 5.74) is 5.13. The standard InChI is InChI=1S/C13H12F3N3O/c1-8-6-19(7-18-8)11-3-9(12(20)5-17)2-10(4-11)13(14,15)16/h2-4,6-7H,5,17H2,1H3. The minimum atomic E-state index is -4.53. The molecule has 0 fully saturated rings. The quantitative estimate of drug-likeness (QED) is 0.879. The molecular weight excluding hydrogens is 271 g/mol. The maximum atomic E-state index is 12.9. The van der Waals surface area contributed by atoms with Gasteiger partial charge in [-0.15, -0.1) is 0 Å². The van der Waals surface area contributed by atoms with Gasteiger partial charge in [0.05, 0.1) is 24.1 Å². The van der Waals surface area contributed by atoms with E-state index < -0.39 is 17.5 Å². The van der Waals surface area contributed by atoms with Crippen molar-refractivity contribution in [3.63, 3.8) is 0 Å². The van der Waals surface area contributed by atoms with Gasteiger partial charge in [-0.05, 0) is 25.1 Å². The average Bonchev–Trinajstić information content (AvgIpc) is 2.83. The fourth-order valence-corrected chi connectivity index (χ4v) is 1.77. The van der Waals surface area contributed by atoms with Crippen LogP contribution in [-0.4, -0.2) is 21.9 Å². The Labute approximate surface area is 113 Å². The molecule has 1 heterocycles. The topological polar surface area (TPSA) is 60.9 Å². The SMILES string of the molecule is Cc1cn(-c2cc(C(=O)CN)cc(C(F)(F)F)c2)cn1. The van der Waals surface area contributed by atoms with Crippen LogP contribution in [0.15, 0.2) is 30.7 Å². The summed E-state index contributed by atoms with van der Waals surface area (Å²) in [6, 6.07) is 3.14. The first kappa shape index (κ1) is 14.3. The number of aromatic nitrogens is 2. The first-order valence-corrected chi connectivity index (χ1v) is 5.78. The number of alkyl halides is 3. The molecule has 0 aliphatic rings. The molecule has 0 atom stereocenters. The Morgan fingerprint density at radius 3 is 2.55 bits per heavy atom. The molecule has 0 saturated carbocycles. The Balaban J connectivity index is 2.59. The molecule has 0 saturated heterocycles. The van der Waals surface area contributed by atoms with Crippen LogP contribution in [0, 0.1) is 6.92 Å². The molecule has 20 heavy (non-hydrogen) atoms. The van der Waals surface area contributed by atoms with Crippen molar-refractivity contribution in [1.29, 1.82) is 0 Å². The third-order valence-corrected chi connectivity index (χ3v) is 2.76. The number of benzene rings is 1. The maximum absolute atomic E-state index is 12.9. The predicted octanol–water partition coefficient (Wildman–Crippen LogP) is 2.34. The van der Waals surface area contributed by atoms with E-state index in [0.29, 0.717) is 5.69 Å². The van der Waals surface area contributed by atoms with E-state index in [9.17, 15) is 18.0 Å². The smallest absolute Gasteiger partial charge is 0.324 e. The molecule has 2 N–H and O–H groups in total. The van der Waals surface area contributed by atoms with E-state index in [1.54, 1.807) is 13.1 Å². The lowest BCUT2D eigenvalue weighted by Crippen LogP contribution is -2.16. The Bertz CT molecular complexity index is 647. The minimum Gasteiger partial charge on any atom is -0.324 e. The van der Waals surface area contributed by atoms with E-state index >= 15 is 0 Å². The van der Waals surface area contributed by atoms with Crippen LogP contribution < -0.4 is 5.73 Å². The van der Waals surface area contributed by atoms with Crippen LogP contribution in [-0.2, 0) is 6.18 Å². The van der Waals surface area contributed by atoms with E-state index in [-0.39, 0.29) is 17.8 Å². The van der Waals surface area contributed by atoms with Gasteiger partial charge in [0.25, 0.3) is 0 Å². The highest BCUT2D eigenvalue weighted by molar-refractivity contribution is 5.98. The molecule has 2 rings (SSSR count). The largest absolute Gasteiger partial charge is 0.416 e. The maximum Gasteiger partial charge on any atom is 0.416 e. The van der Waals surface area contributed by atoms with E-state index in [0.717, 1.165) is 12.1 Å². The summed E-state index contributed by atoms with van der Waals surface area (Å²) in [6.45, 7) is 1.37. The normalized spacial score (nSPS) is 11.7. The van der Waals surface area contributed by atoms with Crippen LogP contribution in [0.25, 0.3) is 5.69 Å². The van der Waals surface area contributed by atoms with Gasteiger partial charge in [0.15, 0.2) is 5.78 Å². The first-order chi connectivity index (χ1) is 9.31. The Morgan fingerprint density at radius 1 is 1.35 bits per heavy atom. The van der Waals surface area contributed by atoms with Gasteiger partial charge in [-0.1, -0.05) is 0 Å². The Kier molecular flexibility index (Phi) is 3.63. The summed E-state index contributed by atoms with van der Waals surface area (Å²) >= 11 is 0. The van der Waals surface area contributed by atoms with Crippen molar-refractivity contribution in [3.05, 3.63) is 47.5 Å². The fraction of sp³-hybridized carbons (Fsp3) is 0.231. The number of carbonyl (C=O) groups excluding carboxylic acids is 1. The van der Waals surface area contributed by atoms with Crippen LogP contribution in [0.2, 0.25) is 0 Å². The van der Waals surface area contributed by atoms with Gasteiger partial charge in [0, 0.05) is 17.4 Å². The number of hydrogen-bond acceptors (Lipinski definition) is 3. The fourth-order valence-electron chi connectivity index (χ4n) is 1.77. The van der Waals surface area contributed by atoms with Gasteiger partial charge in [0.1, 0.15) is 0 Å². The van der Waals surface area contributed by atoms with E-state index in [4.69, 9.17) is 5.73 Å². The lowest BCUT2D eigenvalue weighted by atomic mass is 10.1. The number of hydrogen-bond donors (Lipinski definition) is 1. The van der Waals surface area contributed by atoms with Crippen molar-refractivity contribution < 1.29 is 18.0 Å². The van der Waals surface area contributed by atoms with Crippen LogP contribution in [0.5, 0.6) is 0 Å². The molecule has 4 nitrogen and oxygen atoms in total. The van der Waals surface area contributed by atoms with Crippen molar-refractivity contribution in [2.75, 3.05) is 6.54 Å². The van der Waals surface area contributed by atoms with Gasteiger partial charge in [-0.2, -0.15) is 13.2 Å². The summed E-state index contributed by atoms with van der Waals surface area (Å²) in [4.78, 5) is 15.5. The van der Waals surface area contributed by atoms with Gasteiger partial charge in [-0.25, -0.2) is 4.98 Å². The highest BCUT2D eigenvalue weighted by Gasteiger charge is 2.31. The molecule has 0 spiro atoms. The lowest BCUT2D eigenvalue weighted by molar-refractivity contribution is -0.137. The van der Waals surface area contributed by atoms with E-state index in [1.807, 2.05) is 0 Å². The summed E-state index contributed by atoms with van der Waals surface area (Å²) < 4.78 is 40.0. The van der Waals surface area contributed by atoms with Crippen LogP contribution >= 0.6 is 0 Å². The third-order valence-electron chi connectivity index (χ3n) is 2.76. The van der Waals surface area contributed by atoms with Crippen molar-refractivity contribution in [3.8, 4) is 5.69 Å². The second kappa shape index (κ2) is 5.09. The first-order valence-electron chi connectivity index (χ1n) is 5.78. The number of ketones is 1. The van der Waals surface area contributed by atoms with Crippen molar-refractivity contribution in [2.45, 2.75) is 13.1 Å². The molecule has 1 aromatic carbocycles. The molecule has 0 amide bonds. The molecule has 7 heteroatoms. The summed E-state index contributed by atoms with van der Waals surface area (Å²) in [5.74, 6) is -0.547. The average molecular weight is 283 g/mol. The van der Waals surface area contributed by atoms with Crippen molar-refractivity contribution in [2.24, 2.45) is 5.73 Å². The zero-order valence-electron chi connectivity index (χ0n) is 10.6. The number of carbonyl (C=O) groups is 1. The molecular formula is C13H12F3N3O. The molecule has 1 aromatic heterocycles. The number of imidazole rings is 1. The highest BCUT2D eigenvalue weighted by Crippen LogP contribution is 2.31. The molecule has 0 aliphatic heterocycles. The van der Waals surface area contributed by atoms with Gasteiger partial charge < -0.3 is 10.3 Å². The van der Waals surface area contributed by atoms with Crippen LogP contribution in [0.1, 0.15) is 21.6 Å². The second-order valence-electron chi connectivity index (χ2n) is 4.32. The van der Waals surface area contributed by atoms with Gasteiger partial charge >= 0.3 is 6.18 Å². The molecule has 0 radical (unpaired) electrons. The number of halogens is 3. The Hall–Kier alpha value is -2.15. The molecule has 0 bridgehead atoms. The number of rotatable bonds is 3. The van der Waals surface area contributed by atoms with Gasteiger partial charge in [-0.3, -0.25) is 4.79 Å². The van der Waals surface area contributed by atoms with Crippen molar-refractivity contribution in [1.82, 2.24) is 9.55 Å². The zero-order valence-corrected chi connectivity index (χ0v) is 10.6. The van der Waals surface area contributed by atoms with E-state index in [1.165, 1.54) is 17.0 Å². The van der Waals surface area contributed by atoms with Crippen LogP contribution in [0.4, 0.5) is 13.2 Å². The number of aryl methyl sites for hydroxylation is 1. The molecule has 2 aromatic rings. The van der Waals surface area contributed by atoms with Crippen LogP contribution in [0.3, 0.4) is 0 Å². The van der Waals surface area contributed by atoms with Crippen molar-refractivity contribution >= 4 is 5.78 Å². The summed E-state index contributed by atoms with van der Waals surface area (Å²) in [6.07, 6.45) is -1.57. The van der Waals surface area contributed by atoms with Gasteiger partial charge in [0.2, 0.25) is 0 Å². The van der Waals surface area contributed by atoms with E-state index in [2.05, 4.69) is 4.98 Å². The Morgan fingerprint density at radius 2 is 2.05 bits per heavy atom. The minimum absolute atomic E-state index is 0.0660. The summed E-state index contributed by atoms with van der Waals surface area (Å²) in [7, 11) is 0. The lowest BCUT2D eigenvalue weighted by Gasteiger charge is -2.12. The molecule has 0 unspecified atom stereocenters. The number of nitrogens with two attached hydrogens (primary N) is 1. The number of Topliss-reactive ketones (excluding diaryl/α,β-unsaturated/α-hetero) is 1. The molecule has 0 aliphatic carbocycles. The number of nitrogens with zero attached hydrogens (tertiary/aromatic N) is 2. The predicted molar refractivity (Wildman–Crippen MR) is 66.7 cm³/mol. The zero-order chi connectivity index (χ0) is 14.9. The summed E-state index contributed by atoms with van der Waals surface area (Å²) in [5, 5.41) is 0. The highest BCUT2D eigenvalue weighted by atomic mass is 19.4.